The molecule has 0 saturated carbocycles. The number of aromatic nitrogens is 2. The van der Waals surface area contributed by atoms with Crippen LogP contribution in [-0.4, -0.2) is 9.55 Å². The van der Waals surface area contributed by atoms with Gasteiger partial charge in [0.1, 0.15) is 0 Å². The predicted octanol–water partition coefficient (Wildman–Crippen LogP) is 1.10. The molecule has 1 rings (SSSR count). The third-order valence-electron chi connectivity index (χ3n) is 0.576. The van der Waals surface area contributed by atoms with E-state index in [0.717, 1.165) is 0 Å². The summed E-state index contributed by atoms with van der Waals surface area (Å²) >= 11 is 3.62. The minimum absolute atomic E-state index is 1.34. The predicted molar refractivity (Wildman–Crippen MR) is 36.1 cm³/mol. The van der Waals surface area contributed by atoms with E-state index in [0.29, 0.717) is 0 Å². The molecule has 0 fully saturated rings. The van der Waals surface area contributed by atoms with E-state index in [1.807, 2.05) is 7.05 Å². The van der Waals surface area contributed by atoms with E-state index in [9.17, 15) is 0 Å². The molecule has 0 aliphatic carbocycles. The first kappa shape index (κ1) is 8.56. The van der Waals surface area contributed by atoms with E-state index in [1.165, 1.54) is 14.8 Å². The third-order valence-corrected chi connectivity index (χ3v) is 0.576. The fourth-order valence-corrected chi connectivity index (χ4v) is 0.291. The molecule has 0 aliphatic rings. The average Bonchev–Trinajstić information content (AvgIpc) is 2.24. The molecule has 0 atom stereocenters. The van der Waals surface area contributed by atoms with Crippen molar-refractivity contribution in [3.63, 3.8) is 0 Å². The Balaban J connectivity index is 0.000000222. The molecule has 1 heterocycles. The van der Waals surface area contributed by atoms with Crippen molar-refractivity contribution in [2.45, 2.75) is 0 Å². The summed E-state index contributed by atoms with van der Waals surface area (Å²) in [5, 5.41) is 0. The molecular weight excluding hydrogens is 268 g/mol. The van der Waals surface area contributed by atoms with E-state index in [1.54, 1.807) is 17.1 Å². The standard InChI is InChI=1S/C4H5N2.HI.Zn/c1-6-3-2-5-4-6;;/h2,4H,1H3;1H;/q-1;;+2/p-1. The summed E-state index contributed by atoms with van der Waals surface area (Å²) in [6.45, 7) is 0. The number of nitrogens with zero attached hydrogens (tertiary/aromatic N) is 2. The van der Waals surface area contributed by atoms with Gasteiger partial charge in [-0.2, -0.15) is 6.20 Å². The van der Waals surface area contributed by atoms with Crippen LogP contribution in [0, 0.1) is 6.20 Å². The molecule has 0 N–H and O–H groups in total. The van der Waals surface area contributed by atoms with Gasteiger partial charge < -0.3 is 9.55 Å². The zero-order valence-electron chi connectivity index (χ0n) is 4.63. The fraction of sp³-hybridized carbons (Fsp3) is 0.250. The number of hydrogen-bond acceptors (Lipinski definition) is 1. The summed E-state index contributed by atoms with van der Waals surface area (Å²) in [6, 6.07) is 0. The quantitative estimate of drug-likeness (QED) is 0.393. The SMILES string of the molecule is Cn1[c-]cnc1.[Zn+][I]. The van der Waals surface area contributed by atoms with Crippen LogP contribution in [0.3, 0.4) is 0 Å². The monoisotopic (exact) mass is 272 g/mol. The molecule has 0 bridgehead atoms. The molecule has 8 heavy (non-hydrogen) atoms. The Morgan fingerprint density at radius 1 is 1.75 bits per heavy atom. The Labute approximate surface area is 69.5 Å². The Morgan fingerprint density at radius 2 is 2.38 bits per heavy atom. The molecule has 1 aromatic heterocycles. The summed E-state index contributed by atoms with van der Waals surface area (Å²) < 4.78 is 1.76. The molecular formula is C4H5IN2Zn. The number of halogens is 1. The van der Waals surface area contributed by atoms with Gasteiger partial charge in [-0.3, -0.25) is 0 Å². The van der Waals surface area contributed by atoms with Crippen molar-refractivity contribution in [3.8, 4) is 0 Å². The Hall–Kier alpha value is 0.563. The van der Waals surface area contributed by atoms with E-state index in [2.05, 4.69) is 30.9 Å². The Kier molecular flexibility index (Phi) is 6.10. The van der Waals surface area contributed by atoms with Crippen LogP contribution in [-0.2, 0) is 21.8 Å². The van der Waals surface area contributed by atoms with Gasteiger partial charge in [0.2, 0.25) is 0 Å². The van der Waals surface area contributed by atoms with Gasteiger partial charge in [0.05, 0.1) is 0 Å². The molecule has 1 aromatic rings. The zero-order valence-corrected chi connectivity index (χ0v) is 9.76. The molecule has 0 unspecified atom stereocenters. The number of imidazole rings is 1. The Morgan fingerprint density at radius 3 is 2.50 bits per heavy atom. The zero-order chi connectivity index (χ0) is 6.41. The van der Waals surface area contributed by atoms with E-state index in [4.69, 9.17) is 0 Å². The van der Waals surface area contributed by atoms with Crippen LogP contribution in [0.2, 0.25) is 0 Å². The van der Waals surface area contributed by atoms with Gasteiger partial charge in [0.25, 0.3) is 0 Å². The van der Waals surface area contributed by atoms with Crippen molar-refractivity contribution >= 4 is 19.8 Å². The van der Waals surface area contributed by atoms with Crippen LogP contribution in [0.4, 0.5) is 0 Å². The molecule has 0 radical (unpaired) electrons. The molecule has 0 saturated heterocycles. The van der Waals surface area contributed by atoms with E-state index in [-0.39, 0.29) is 0 Å². The molecule has 2 nitrogen and oxygen atoms in total. The second-order valence-corrected chi connectivity index (χ2v) is 1.13. The van der Waals surface area contributed by atoms with Gasteiger partial charge in [0, 0.05) is 0 Å². The molecule has 0 spiro atoms. The summed E-state index contributed by atoms with van der Waals surface area (Å²) in [5.41, 5.74) is 0. The summed E-state index contributed by atoms with van der Waals surface area (Å²) in [4.78, 5) is 3.73. The van der Waals surface area contributed by atoms with Crippen molar-refractivity contribution < 1.29 is 14.8 Å². The normalized spacial score (nSPS) is 7.50. The van der Waals surface area contributed by atoms with E-state index < -0.39 is 0 Å². The molecule has 0 aromatic carbocycles. The fourth-order valence-electron chi connectivity index (χ4n) is 0.291. The van der Waals surface area contributed by atoms with Crippen LogP contribution in [0.25, 0.3) is 0 Å². The Bertz CT molecular complexity index is 118. The number of rotatable bonds is 0. The van der Waals surface area contributed by atoms with Gasteiger partial charge >= 0.3 is 34.5 Å². The molecule has 0 aliphatic heterocycles. The van der Waals surface area contributed by atoms with Gasteiger partial charge in [-0.15, -0.1) is 0 Å². The van der Waals surface area contributed by atoms with Crippen LogP contribution in [0.5, 0.6) is 0 Å². The van der Waals surface area contributed by atoms with Crippen molar-refractivity contribution in [2.75, 3.05) is 0 Å². The molecule has 4 heteroatoms. The van der Waals surface area contributed by atoms with Gasteiger partial charge in [-0.05, 0) is 7.05 Å². The summed E-state index contributed by atoms with van der Waals surface area (Å²) in [7, 11) is 1.88. The van der Waals surface area contributed by atoms with Gasteiger partial charge in [0.15, 0.2) is 0 Å². The second-order valence-electron chi connectivity index (χ2n) is 1.13. The minimum atomic E-state index is 1.34. The summed E-state index contributed by atoms with van der Waals surface area (Å²) in [5.74, 6) is 0. The maximum absolute atomic E-state index is 3.73. The number of hydrogen-bond donors (Lipinski definition) is 0. The third kappa shape index (κ3) is 3.55. The van der Waals surface area contributed by atoms with Crippen LogP contribution >= 0.6 is 19.8 Å². The first-order valence-corrected chi connectivity index (χ1v) is 11.0. The first-order chi connectivity index (χ1) is 3.89. The van der Waals surface area contributed by atoms with Crippen LogP contribution in [0.1, 0.15) is 0 Å². The summed E-state index contributed by atoms with van der Waals surface area (Å²) in [6.07, 6.45) is 6.12. The average molecular weight is 273 g/mol. The van der Waals surface area contributed by atoms with Crippen molar-refractivity contribution in [1.29, 1.82) is 0 Å². The van der Waals surface area contributed by atoms with E-state index >= 15 is 0 Å². The van der Waals surface area contributed by atoms with Crippen molar-refractivity contribution in [1.82, 2.24) is 9.55 Å². The second kappa shape index (κ2) is 5.70. The molecule has 40 valence electrons. The van der Waals surface area contributed by atoms with Gasteiger partial charge in [-0.1, -0.05) is 12.5 Å². The first-order valence-electron chi connectivity index (χ1n) is 2.00. The topological polar surface area (TPSA) is 17.8 Å². The molecule has 0 amide bonds. The van der Waals surface area contributed by atoms with Crippen molar-refractivity contribution in [2.24, 2.45) is 7.05 Å². The van der Waals surface area contributed by atoms with Crippen molar-refractivity contribution in [3.05, 3.63) is 18.7 Å². The van der Waals surface area contributed by atoms with Crippen LogP contribution < -0.4 is 0 Å². The number of aryl methyl sites for hydroxylation is 1. The van der Waals surface area contributed by atoms with Crippen LogP contribution in [0.15, 0.2) is 12.5 Å². The van der Waals surface area contributed by atoms with Gasteiger partial charge in [-0.25, -0.2) is 0 Å². The maximum atomic E-state index is 3.73.